The third kappa shape index (κ3) is 6.20. The summed E-state index contributed by atoms with van der Waals surface area (Å²) in [5.74, 6) is 0.363. The van der Waals surface area contributed by atoms with Crippen LogP contribution in [-0.4, -0.2) is 37.7 Å². The number of nitrogens with one attached hydrogen (secondary N) is 2. The van der Waals surface area contributed by atoms with Crippen LogP contribution in [0.2, 0.25) is 0 Å². The average Bonchev–Trinajstić information content (AvgIpc) is 3.12. The molecule has 1 aromatic rings. The zero-order chi connectivity index (χ0) is 17.2. The molecular weight excluding hydrogens is 304 g/mol. The Morgan fingerprint density at radius 3 is 3.04 bits per heavy atom. The first kappa shape index (κ1) is 18.3. The molecule has 1 saturated heterocycles. The van der Waals surface area contributed by atoms with Crippen LogP contribution in [0.1, 0.15) is 48.5 Å². The summed E-state index contributed by atoms with van der Waals surface area (Å²) in [6.07, 6.45) is 4.41. The summed E-state index contributed by atoms with van der Waals surface area (Å²) in [7, 11) is 0. The van der Waals surface area contributed by atoms with Crippen molar-refractivity contribution in [3.63, 3.8) is 0 Å². The number of carbonyl (C=O) groups is 1. The Kier molecular flexibility index (Phi) is 7.55. The normalized spacial score (nSPS) is 17.7. The molecule has 0 spiro atoms. The summed E-state index contributed by atoms with van der Waals surface area (Å²) in [6, 6.07) is 7.47. The van der Waals surface area contributed by atoms with E-state index < -0.39 is 0 Å². The van der Waals surface area contributed by atoms with Crippen molar-refractivity contribution in [1.29, 1.82) is 0 Å². The monoisotopic (exact) mass is 332 g/mol. The van der Waals surface area contributed by atoms with Gasteiger partial charge in [0.1, 0.15) is 0 Å². The number of hydrogen-bond acceptors (Lipinski definition) is 3. The molecule has 1 heterocycles. The van der Waals surface area contributed by atoms with Crippen molar-refractivity contribution < 1.29 is 9.53 Å². The Morgan fingerprint density at radius 1 is 1.42 bits per heavy atom. The quantitative estimate of drug-likeness (QED) is 0.385. The SMILES string of the molecule is CCCCNC(N)=NCc1cccc(C(=O)NCC2CCCO2)c1. The fourth-order valence-electron chi connectivity index (χ4n) is 2.55. The summed E-state index contributed by atoms with van der Waals surface area (Å²) < 4.78 is 5.51. The number of nitrogens with zero attached hydrogens (tertiary/aromatic N) is 1. The van der Waals surface area contributed by atoms with E-state index in [4.69, 9.17) is 10.5 Å². The van der Waals surface area contributed by atoms with Crippen LogP contribution in [0.15, 0.2) is 29.3 Å². The van der Waals surface area contributed by atoms with Crippen molar-refractivity contribution in [2.24, 2.45) is 10.7 Å². The average molecular weight is 332 g/mol. The molecular formula is C18H28N4O2. The van der Waals surface area contributed by atoms with Gasteiger partial charge in [-0.25, -0.2) is 4.99 Å². The van der Waals surface area contributed by atoms with E-state index in [1.165, 1.54) is 0 Å². The van der Waals surface area contributed by atoms with Crippen molar-refractivity contribution >= 4 is 11.9 Å². The summed E-state index contributed by atoms with van der Waals surface area (Å²) in [4.78, 5) is 16.5. The summed E-state index contributed by atoms with van der Waals surface area (Å²) in [6.45, 7) is 4.77. The summed E-state index contributed by atoms with van der Waals surface area (Å²) >= 11 is 0. The topological polar surface area (TPSA) is 88.7 Å². The minimum Gasteiger partial charge on any atom is -0.376 e. The molecule has 1 aliphatic heterocycles. The first-order valence-corrected chi connectivity index (χ1v) is 8.71. The molecule has 6 nitrogen and oxygen atoms in total. The smallest absolute Gasteiger partial charge is 0.251 e. The Labute approximate surface area is 143 Å². The molecule has 2 rings (SSSR count). The number of aliphatic imine (C=N–C) groups is 1. The number of guanidine groups is 1. The van der Waals surface area contributed by atoms with Gasteiger partial charge in [0.15, 0.2) is 5.96 Å². The van der Waals surface area contributed by atoms with Crippen molar-refractivity contribution in [3.05, 3.63) is 35.4 Å². The Hall–Kier alpha value is -2.08. The van der Waals surface area contributed by atoms with Gasteiger partial charge in [-0.2, -0.15) is 0 Å². The number of benzene rings is 1. The van der Waals surface area contributed by atoms with Gasteiger partial charge in [-0.15, -0.1) is 0 Å². The van der Waals surface area contributed by atoms with E-state index in [1.54, 1.807) is 6.07 Å². The van der Waals surface area contributed by atoms with Gasteiger partial charge >= 0.3 is 0 Å². The zero-order valence-corrected chi connectivity index (χ0v) is 14.4. The molecule has 6 heteroatoms. The van der Waals surface area contributed by atoms with Gasteiger partial charge in [-0.3, -0.25) is 4.79 Å². The van der Waals surface area contributed by atoms with Crippen LogP contribution in [0.3, 0.4) is 0 Å². The Balaban J connectivity index is 1.83. The highest BCUT2D eigenvalue weighted by Gasteiger charge is 2.16. The van der Waals surface area contributed by atoms with Gasteiger partial charge in [0.25, 0.3) is 5.91 Å². The lowest BCUT2D eigenvalue weighted by atomic mass is 10.1. The molecule has 4 N–H and O–H groups in total. The zero-order valence-electron chi connectivity index (χ0n) is 14.4. The third-order valence-electron chi connectivity index (χ3n) is 3.97. The molecule has 1 aliphatic rings. The molecule has 24 heavy (non-hydrogen) atoms. The van der Waals surface area contributed by atoms with Gasteiger partial charge in [0, 0.05) is 25.3 Å². The molecule has 1 amide bonds. The van der Waals surface area contributed by atoms with Crippen molar-refractivity contribution in [2.75, 3.05) is 19.7 Å². The highest BCUT2D eigenvalue weighted by Crippen LogP contribution is 2.11. The van der Waals surface area contributed by atoms with Gasteiger partial charge in [-0.05, 0) is 37.0 Å². The molecule has 1 fully saturated rings. The number of hydrogen-bond donors (Lipinski definition) is 3. The predicted octanol–water partition coefficient (Wildman–Crippen LogP) is 1.80. The van der Waals surface area contributed by atoms with Gasteiger partial charge < -0.3 is 21.1 Å². The predicted molar refractivity (Wildman–Crippen MR) is 96.0 cm³/mol. The van der Waals surface area contributed by atoms with E-state index in [-0.39, 0.29) is 12.0 Å². The molecule has 132 valence electrons. The lowest BCUT2D eigenvalue weighted by molar-refractivity contribution is 0.0857. The Bertz CT molecular complexity index is 554. The van der Waals surface area contributed by atoms with E-state index in [2.05, 4.69) is 22.5 Å². The second-order valence-corrected chi connectivity index (χ2v) is 6.03. The number of unbranched alkanes of at least 4 members (excludes halogenated alkanes) is 1. The third-order valence-corrected chi connectivity index (χ3v) is 3.97. The first-order valence-electron chi connectivity index (χ1n) is 8.71. The maximum Gasteiger partial charge on any atom is 0.251 e. The number of carbonyl (C=O) groups excluding carboxylic acids is 1. The number of rotatable bonds is 8. The minimum absolute atomic E-state index is 0.0784. The minimum atomic E-state index is -0.0784. The number of amides is 1. The molecule has 0 bridgehead atoms. The molecule has 0 aliphatic carbocycles. The fraction of sp³-hybridized carbons (Fsp3) is 0.556. The largest absolute Gasteiger partial charge is 0.376 e. The maximum absolute atomic E-state index is 12.2. The standard InChI is InChI=1S/C18H28N4O2/c1-2-3-9-20-18(19)22-12-14-6-4-7-15(11-14)17(23)21-13-16-8-5-10-24-16/h4,6-7,11,16H,2-3,5,8-10,12-13H2,1H3,(H,21,23)(H3,19,20,22). The fourth-order valence-corrected chi connectivity index (χ4v) is 2.55. The second-order valence-electron chi connectivity index (χ2n) is 6.03. The van der Waals surface area contributed by atoms with Crippen LogP contribution >= 0.6 is 0 Å². The van der Waals surface area contributed by atoms with E-state index in [0.29, 0.717) is 24.6 Å². The highest BCUT2D eigenvalue weighted by molar-refractivity contribution is 5.94. The van der Waals surface area contributed by atoms with Crippen molar-refractivity contribution in [3.8, 4) is 0 Å². The molecule has 1 unspecified atom stereocenters. The van der Waals surface area contributed by atoms with Crippen LogP contribution in [0.25, 0.3) is 0 Å². The molecule has 1 atom stereocenters. The molecule has 0 radical (unpaired) electrons. The van der Waals surface area contributed by atoms with Gasteiger partial charge in [-0.1, -0.05) is 25.5 Å². The molecule has 0 saturated carbocycles. The van der Waals surface area contributed by atoms with Crippen molar-refractivity contribution in [1.82, 2.24) is 10.6 Å². The van der Waals surface area contributed by atoms with E-state index in [9.17, 15) is 4.79 Å². The van der Waals surface area contributed by atoms with Crippen LogP contribution in [0.4, 0.5) is 0 Å². The molecule has 1 aromatic carbocycles. The maximum atomic E-state index is 12.2. The second kappa shape index (κ2) is 9.93. The van der Waals surface area contributed by atoms with Gasteiger partial charge in [0.2, 0.25) is 0 Å². The van der Waals surface area contributed by atoms with Crippen LogP contribution in [0.5, 0.6) is 0 Å². The van der Waals surface area contributed by atoms with Crippen LogP contribution < -0.4 is 16.4 Å². The van der Waals surface area contributed by atoms with Crippen molar-refractivity contribution in [2.45, 2.75) is 45.3 Å². The van der Waals surface area contributed by atoms with Crippen LogP contribution in [0, 0.1) is 0 Å². The summed E-state index contributed by atoms with van der Waals surface area (Å²) in [5.41, 5.74) is 7.42. The number of nitrogens with two attached hydrogens (primary N) is 1. The number of ether oxygens (including phenoxy) is 1. The summed E-state index contributed by atoms with van der Waals surface area (Å²) in [5, 5.41) is 6.01. The Morgan fingerprint density at radius 2 is 2.29 bits per heavy atom. The lowest BCUT2D eigenvalue weighted by Gasteiger charge is -2.11. The van der Waals surface area contributed by atoms with Crippen LogP contribution in [-0.2, 0) is 11.3 Å². The highest BCUT2D eigenvalue weighted by atomic mass is 16.5. The van der Waals surface area contributed by atoms with E-state index in [0.717, 1.165) is 44.4 Å². The first-order chi connectivity index (χ1) is 11.7. The van der Waals surface area contributed by atoms with E-state index in [1.807, 2.05) is 18.2 Å². The van der Waals surface area contributed by atoms with E-state index >= 15 is 0 Å². The lowest BCUT2D eigenvalue weighted by Crippen LogP contribution is -2.32. The molecule has 0 aromatic heterocycles. The van der Waals surface area contributed by atoms with Gasteiger partial charge in [0.05, 0.1) is 12.6 Å².